The molecule has 0 amide bonds. The number of fused-ring (bicyclic) bond motifs is 1. The molecule has 0 aliphatic heterocycles. The number of hydrogen-bond acceptors (Lipinski definition) is 6. The number of nitrogens with zero attached hydrogens (tertiary/aromatic N) is 6. The van der Waals surface area contributed by atoms with Gasteiger partial charge in [-0.3, -0.25) is 5.10 Å². The van der Waals surface area contributed by atoms with Crippen LogP contribution in [0.25, 0.3) is 28.2 Å². The summed E-state index contributed by atoms with van der Waals surface area (Å²) in [7, 11) is 1.94. The van der Waals surface area contributed by atoms with Crippen LogP contribution in [0.5, 0.6) is 0 Å². The van der Waals surface area contributed by atoms with Gasteiger partial charge in [0.1, 0.15) is 5.65 Å². The van der Waals surface area contributed by atoms with E-state index in [1.165, 1.54) is 0 Å². The first-order valence-corrected chi connectivity index (χ1v) is 10.1. The molecule has 0 unspecified atom stereocenters. The molecule has 156 valence electrons. The van der Waals surface area contributed by atoms with Gasteiger partial charge in [0.15, 0.2) is 0 Å². The lowest BCUT2D eigenvalue weighted by atomic mass is 9.98. The Morgan fingerprint density at radius 3 is 2.74 bits per heavy atom. The van der Waals surface area contributed by atoms with Crippen molar-refractivity contribution < 1.29 is 4.42 Å². The Balaban J connectivity index is 1.38. The summed E-state index contributed by atoms with van der Waals surface area (Å²) in [6, 6.07) is 10.8. The molecule has 5 aromatic rings. The van der Waals surface area contributed by atoms with Gasteiger partial charge in [-0.1, -0.05) is 23.3 Å². The highest BCUT2D eigenvalue weighted by Crippen LogP contribution is 2.31. The highest BCUT2D eigenvalue weighted by molar-refractivity contribution is 5.73. The summed E-state index contributed by atoms with van der Waals surface area (Å²) in [4.78, 5) is 6.22. The van der Waals surface area contributed by atoms with E-state index in [0.717, 1.165) is 44.9 Å². The number of aromatic amines is 1. The first-order chi connectivity index (χ1) is 15.0. The second-order valence-electron chi connectivity index (χ2n) is 7.81. The fourth-order valence-electron chi connectivity index (χ4n) is 3.92. The van der Waals surface area contributed by atoms with Crippen LogP contribution in [0.4, 0.5) is 6.01 Å². The van der Waals surface area contributed by atoms with Gasteiger partial charge in [0.05, 0.1) is 5.69 Å². The van der Waals surface area contributed by atoms with Gasteiger partial charge in [-0.2, -0.15) is 5.10 Å². The fourth-order valence-corrected chi connectivity index (χ4v) is 3.92. The Hall–Kier alpha value is -3.94. The minimum atomic E-state index is 0.478. The van der Waals surface area contributed by atoms with Gasteiger partial charge in [0.25, 0.3) is 0 Å². The second-order valence-corrected chi connectivity index (χ2v) is 7.81. The Bertz CT molecular complexity index is 1360. The Kier molecular flexibility index (Phi) is 4.54. The summed E-state index contributed by atoms with van der Waals surface area (Å²) in [5.74, 6) is 0.511. The average molecular weight is 413 g/mol. The van der Waals surface area contributed by atoms with Crippen LogP contribution in [0.2, 0.25) is 0 Å². The summed E-state index contributed by atoms with van der Waals surface area (Å²) < 4.78 is 8.00. The van der Waals surface area contributed by atoms with E-state index in [2.05, 4.69) is 56.7 Å². The SMILES string of the molecule is Cc1cc(-c2c(C)n[nH]c2C)ccc1-c1nnc(N(C)Cc2ccc3nccn3c2)o1. The summed E-state index contributed by atoms with van der Waals surface area (Å²) >= 11 is 0. The molecule has 8 nitrogen and oxygen atoms in total. The van der Waals surface area contributed by atoms with Crippen molar-refractivity contribution in [2.75, 3.05) is 11.9 Å². The number of aromatic nitrogens is 6. The lowest BCUT2D eigenvalue weighted by Gasteiger charge is -2.14. The lowest BCUT2D eigenvalue weighted by Crippen LogP contribution is -2.17. The molecule has 4 aromatic heterocycles. The second kappa shape index (κ2) is 7.39. The van der Waals surface area contributed by atoms with Crippen LogP contribution in [0, 0.1) is 20.8 Å². The van der Waals surface area contributed by atoms with Gasteiger partial charge in [-0.15, -0.1) is 5.10 Å². The molecular formula is C23H23N7O. The number of anilines is 1. The molecule has 31 heavy (non-hydrogen) atoms. The predicted octanol–water partition coefficient (Wildman–Crippen LogP) is 4.34. The third-order valence-electron chi connectivity index (χ3n) is 5.48. The zero-order chi connectivity index (χ0) is 21.5. The Labute approximate surface area is 179 Å². The van der Waals surface area contributed by atoms with Crippen molar-refractivity contribution in [1.29, 1.82) is 0 Å². The molecule has 0 aliphatic rings. The molecule has 0 saturated carbocycles. The summed E-state index contributed by atoms with van der Waals surface area (Å²) in [5, 5.41) is 15.9. The van der Waals surface area contributed by atoms with Crippen LogP contribution in [0.3, 0.4) is 0 Å². The predicted molar refractivity (Wildman–Crippen MR) is 119 cm³/mol. The topological polar surface area (TPSA) is 88.1 Å². The average Bonchev–Trinajstić information content (AvgIpc) is 3.48. The molecule has 0 fully saturated rings. The van der Waals surface area contributed by atoms with Crippen molar-refractivity contribution in [2.45, 2.75) is 27.3 Å². The first-order valence-electron chi connectivity index (χ1n) is 10.1. The standard InChI is InChI=1S/C23H23N7O/c1-14-11-18(21-15(2)25-26-16(21)3)6-7-19(14)22-27-28-23(31-22)29(4)12-17-5-8-20-24-9-10-30(20)13-17/h5-11,13H,12H2,1-4H3,(H,25,26). The van der Waals surface area contributed by atoms with Crippen molar-refractivity contribution in [2.24, 2.45) is 0 Å². The van der Waals surface area contributed by atoms with Crippen LogP contribution in [-0.4, -0.2) is 36.8 Å². The van der Waals surface area contributed by atoms with Crippen molar-refractivity contribution in [3.8, 4) is 22.6 Å². The summed E-state index contributed by atoms with van der Waals surface area (Å²) in [5.41, 5.74) is 8.34. The zero-order valence-electron chi connectivity index (χ0n) is 17.9. The summed E-state index contributed by atoms with van der Waals surface area (Å²) in [6.45, 7) is 6.74. The van der Waals surface area contributed by atoms with E-state index in [9.17, 15) is 0 Å². The number of H-pyrrole nitrogens is 1. The van der Waals surface area contributed by atoms with Crippen LogP contribution < -0.4 is 4.90 Å². The zero-order valence-corrected chi connectivity index (χ0v) is 17.9. The lowest BCUT2D eigenvalue weighted by molar-refractivity contribution is 0.554. The van der Waals surface area contributed by atoms with Gasteiger partial charge in [-0.05, 0) is 49.6 Å². The van der Waals surface area contributed by atoms with Crippen LogP contribution in [0.1, 0.15) is 22.5 Å². The maximum atomic E-state index is 6.00. The number of imidazole rings is 1. The normalized spacial score (nSPS) is 11.4. The van der Waals surface area contributed by atoms with Gasteiger partial charge in [0, 0.05) is 49.0 Å². The highest BCUT2D eigenvalue weighted by Gasteiger charge is 2.16. The third kappa shape index (κ3) is 3.46. The van der Waals surface area contributed by atoms with Gasteiger partial charge >= 0.3 is 6.01 Å². The molecule has 1 N–H and O–H groups in total. The minimum Gasteiger partial charge on any atom is -0.403 e. The van der Waals surface area contributed by atoms with E-state index in [0.29, 0.717) is 18.5 Å². The molecule has 8 heteroatoms. The molecule has 0 atom stereocenters. The quantitative estimate of drug-likeness (QED) is 0.461. The van der Waals surface area contributed by atoms with Gasteiger partial charge in [-0.25, -0.2) is 4.98 Å². The number of hydrogen-bond donors (Lipinski definition) is 1. The Morgan fingerprint density at radius 1 is 1.10 bits per heavy atom. The van der Waals surface area contributed by atoms with E-state index in [1.54, 1.807) is 6.20 Å². The third-order valence-corrected chi connectivity index (χ3v) is 5.48. The van der Waals surface area contributed by atoms with E-state index >= 15 is 0 Å². The molecule has 0 saturated heterocycles. The van der Waals surface area contributed by atoms with Crippen LogP contribution in [-0.2, 0) is 6.54 Å². The molecule has 4 heterocycles. The van der Waals surface area contributed by atoms with Crippen molar-refractivity contribution >= 4 is 11.7 Å². The summed E-state index contributed by atoms with van der Waals surface area (Å²) in [6.07, 6.45) is 5.78. The van der Waals surface area contributed by atoms with Gasteiger partial charge < -0.3 is 13.7 Å². The molecule has 1 aromatic carbocycles. The van der Waals surface area contributed by atoms with Gasteiger partial charge in [0.2, 0.25) is 5.89 Å². The fraction of sp³-hybridized carbons (Fsp3) is 0.217. The van der Waals surface area contributed by atoms with E-state index in [4.69, 9.17) is 4.42 Å². The van der Waals surface area contributed by atoms with E-state index in [-0.39, 0.29) is 0 Å². The molecule has 0 aliphatic carbocycles. The molecular weight excluding hydrogens is 390 g/mol. The molecule has 0 radical (unpaired) electrons. The highest BCUT2D eigenvalue weighted by atomic mass is 16.4. The number of pyridine rings is 1. The molecule has 0 spiro atoms. The molecule has 0 bridgehead atoms. The van der Waals surface area contributed by atoms with Crippen LogP contribution >= 0.6 is 0 Å². The van der Waals surface area contributed by atoms with Crippen molar-refractivity contribution in [3.05, 3.63) is 71.4 Å². The monoisotopic (exact) mass is 413 g/mol. The minimum absolute atomic E-state index is 0.478. The Morgan fingerprint density at radius 2 is 1.97 bits per heavy atom. The number of nitrogens with one attached hydrogen (secondary N) is 1. The van der Waals surface area contributed by atoms with E-state index in [1.807, 2.05) is 48.5 Å². The van der Waals surface area contributed by atoms with Crippen molar-refractivity contribution in [3.63, 3.8) is 0 Å². The smallest absolute Gasteiger partial charge is 0.318 e. The van der Waals surface area contributed by atoms with E-state index < -0.39 is 0 Å². The maximum absolute atomic E-state index is 6.00. The largest absolute Gasteiger partial charge is 0.403 e. The number of rotatable bonds is 5. The molecule has 5 rings (SSSR count). The van der Waals surface area contributed by atoms with Crippen molar-refractivity contribution in [1.82, 2.24) is 29.8 Å². The van der Waals surface area contributed by atoms with Crippen LogP contribution in [0.15, 0.2) is 53.3 Å². The maximum Gasteiger partial charge on any atom is 0.318 e. The number of benzene rings is 1. The number of aryl methyl sites for hydroxylation is 3. The first kappa shape index (κ1) is 19.0.